The summed E-state index contributed by atoms with van der Waals surface area (Å²) in [6.45, 7) is 2.92. The van der Waals surface area contributed by atoms with Crippen molar-refractivity contribution in [3.8, 4) is 5.75 Å². The number of hydrogen-bond donors (Lipinski definition) is 3. The van der Waals surface area contributed by atoms with Crippen LogP contribution in [-0.2, 0) is 0 Å². The summed E-state index contributed by atoms with van der Waals surface area (Å²) in [5.41, 5.74) is 1.84. The molecule has 26 heavy (non-hydrogen) atoms. The molecule has 0 spiro atoms. The molecule has 0 atom stereocenters. The molecule has 0 radical (unpaired) electrons. The number of aryl methyl sites for hydroxylation is 1. The number of carbonyl (C=O) groups is 1. The number of amides is 1. The minimum atomic E-state index is -0.305. The molecule has 134 valence electrons. The standard InChI is InChI=1S/C19H21N5O2/c1-13-7-8-16-14(11-13)19(25)23-17-6-4-5-15(22-17)18(21)24(12-20)9-2-3-10-26-16/h4-8,11-12,20-21H,2-3,9-10H2,1H3,(H,22,23,25). The Kier molecular flexibility index (Phi) is 5.26. The van der Waals surface area contributed by atoms with Crippen LogP contribution < -0.4 is 10.1 Å². The van der Waals surface area contributed by atoms with Gasteiger partial charge >= 0.3 is 0 Å². The zero-order valence-electron chi connectivity index (χ0n) is 14.6. The molecule has 7 nitrogen and oxygen atoms in total. The van der Waals surface area contributed by atoms with Gasteiger partial charge in [-0.2, -0.15) is 0 Å². The molecule has 1 amide bonds. The number of aromatic nitrogens is 1. The van der Waals surface area contributed by atoms with Crippen LogP contribution in [0.25, 0.3) is 0 Å². The molecule has 0 saturated carbocycles. The normalized spacial score (nSPS) is 15.3. The van der Waals surface area contributed by atoms with Crippen LogP contribution >= 0.6 is 0 Å². The Hall–Kier alpha value is -3.22. The summed E-state index contributed by atoms with van der Waals surface area (Å²) in [6.07, 6.45) is 2.63. The summed E-state index contributed by atoms with van der Waals surface area (Å²) >= 11 is 0. The second-order valence-electron chi connectivity index (χ2n) is 6.09. The Morgan fingerprint density at radius 1 is 1.27 bits per heavy atom. The fourth-order valence-electron chi connectivity index (χ4n) is 2.72. The lowest BCUT2D eigenvalue weighted by Gasteiger charge is -2.20. The summed E-state index contributed by atoms with van der Waals surface area (Å²) in [7, 11) is 0. The highest BCUT2D eigenvalue weighted by molar-refractivity contribution is 6.06. The predicted octanol–water partition coefficient (Wildman–Crippen LogP) is 3.05. The molecule has 2 aromatic rings. The van der Waals surface area contributed by atoms with Crippen LogP contribution in [0, 0.1) is 17.7 Å². The number of pyridine rings is 1. The Bertz CT molecular complexity index is 850. The van der Waals surface area contributed by atoms with Gasteiger partial charge < -0.3 is 15.0 Å². The van der Waals surface area contributed by atoms with E-state index in [0.717, 1.165) is 24.7 Å². The number of hydrogen-bond acceptors (Lipinski definition) is 5. The second kappa shape index (κ2) is 7.77. The molecule has 0 aliphatic carbocycles. The van der Waals surface area contributed by atoms with E-state index in [4.69, 9.17) is 15.6 Å². The molecule has 0 unspecified atom stereocenters. The predicted molar refractivity (Wildman–Crippen MR) is 100 cm³/mol. The van der Waals surface area contributed by atoms with E-state index in [9.17, 15) is 4.79 Å². The van der Waals surface area contributed by atoms with Crippen molar-refractivity contribution < 1.29 is 9.53 Å². The Morgan fingerprint density at radius 3 is 2.92 bits per heavy atom. The molecular weight excluding hydrogens is 330 g/mol. The summed E-state index contributed by atoms with van der Waals surface area (Å²) in [5.74, 6) is 0.718. The minimum Gasteiger partial charge on any atom is -0.493 e. The molecule has 1 aromatic heterocycles. The first-order valence-corrected chi connectivity index (χ1v) is 8.46. The van der Waals surface area contributed by atoms with Crippen molar-refractivity contribution in [2.45, 2.75) is 19.8 Å². The van der Waals surface area contributed by atoms with Crippen LogP contribution in [0.1, 0.15) is 34.5 Å². The lowest BCUT2D eigenvalue weighted by atomic mass is 10.1. The molecule has 0 fully saturated rings. The first-order chi connectivity index (χ1) is 12.6. The quantitative estimate of drug-likeness (QED) is 0.543. The molecular formula is C19H21N5O2. The number of fused-ring (bicyclic) bond motifs is 3. The third-order valence-electron chi connectivity index (χ3n) is 4.11. The molecule has 2 bridgehead atoms. The zero-order chi connectivity index (χ0) is 18.5. The van der Waals surface area contributed by atoms with Crippen LogP contribution in [0.15, 0.2) is 36.4 Å². The van der Waals surface area contributed by atoms with Crippen LogP contribution in [0.2, 0.25) is 0 Å². The van der Waals surface area contributed by atoms with E-state index in [1.165, 1.54) is 4.90 Å². The topological polar surface area (TPSA) is 102 Å². The molecule has 7 heteroatoms. The summed E-state index contributed by atoms with van der Waals surface area (Å²) in [4.78, 5) is 18.6. The van der Waals surface area contributed by atoms with Crippen molar-refractivity contribution in [1.82, 2.24) is 9.88 Å². The van der Waals surface area contributed by atoms with E-state index in [0.29, 0.717) is 36.0 Å². The SMILES string of the molecule is Cc1ccc2c(c1)C(=O)Nc1cccc(n1)C(=N)N(C=N)CCCCO2. The number of nitrogens with one attached hydrogen (secondary N) is 3. The van der Waals surface area contributed by atoms with Gasteiger partial charge in [0.05, 0.1) is 18.5 Å². The van der Waals surface area contributed by atoms with Gasteiger partial charge in [-0.25, -0.2) is 4.98 Å². The van der Waals surface area contributed by atoms with Gasteiger partial charge in [0.2, 0.25) is 0 Å². The van der Waals surface area contributed by atoms with Crippen LogP contribution in [0.5, 0.6) is 5.75 Å². The maximum absolute atomic E-state index is 12.7. The molecule has 0 saturated heterocycles. The number of anilines is 1. The fourth-order valence-corrected chi connectivity index (χ4v) is 2.72. The van der Waals surface area contributed by atoms with Gasteiger partial charge in [0.15, 0.2) is 5.84 Å². The number of rotatable bonds is 1. The van der Waals surface area contributed by atoms with Gasteiger partial charge in [0.1, 0.15) is 17.3 Å². The third kappa shape index (κ3) is 3.88. The van der Waals surface area contributed by atoms with Crippen molar-refractivity contribution in [3.63, 3.8) is 0 Å². The molecule has 3 N–H and O–H groups in total. The van der Waals surface area contributed by atoms with E-state index in [1.54, 1.807) is 30.3 Å². The summed E-state index contributed by atoms with van der Waals surface area (Å²) < 4.78 is 5.80. The van der Waals surface area contributed by atoms with Crippen molar-refractivity contribution in [2.75, 3.05) is 18.5 Å². The van der Waals surface area contributed by atoms with Crippen LogP contribution in [-0.4, -0.2) is 41.1 Å². The van der Waals surface area contributed by atoms with Gasteiger partial charge in [-0.3, -0.25) is 15.6 Å². The Balaban J connectivity index is 1.98. The number of carbonyl (C=O) groups excluding carboxylic acids is 1. The minimum absolute atomic E-state index is 0.130. The Labute approximate surface area is 152 Å². The smallest absolute Gasteiger partial charge is 0.260 e. The molecule has 1 aliphatic rings. The lowest BCUT2D eigenvalue weighted by molar-refractivity contribution is 0.102. The largest absolute Gasteiger partial charge is 0.493 e. The van der Waals surface area contributed by atoms with Gasteiger partial charge in [-0.15, -0.1) is 0 Å². The fraction of sp³-hybridized carbons (Fsp3) is 0.263. The highest BCUT2D eigenvalue weighted by Crippen LogP contribution is 2.22. The average Bonchev–Trinajstić information content (AvgIpc) is 2.64. The third-order valence-corrected chi connectivity index (χ3v) is 4.11. The number of ether oxygens (including phenoxy) is 1. The maximum atomic E-state index is 12.7. The summed E-state index contributed by atoms with van der Waals surface area (Å²) in [5, 5.41) is 18.6. The van der Waals surface area contributed by atoms with E-state index in [-0.39, 0.29) is 11.7 Å². The molecule has 3 rings (SSSR count). The summed E-state index contributed by atoms with van der Waals surface area (Å²) in [6, 6.07) is 10.6. The van der Waals surface area contributed by atoms with Gasteiger partial charge in [0, 0.05) is 6.54 Å². The number of nitrogens with zero attached hydrogens (tertiary/aromatic N) is 2. The van der Waals surface area contributed by atoms with E-state index < -0.39 is 0 Å². The zero-order valence-corrected chi connectivity index (χ0v) is 14.6. The highest BCUT2D eigenvalue weighted by atomic mass is 16.5. The first-order valence-electron chi connectivity index (χ1n) is 8.46. The van der Waals surface area contributed by atoms with Crippen LogP contribution in [0.3, 0.4) is 0 Å². The lowest BCUT2D eigenvalue weighted by Crippen LogP contribution is -2.31. The van der Waals surface area contributed by atoms with E-state index in [2.05, 4.69) is 10.3 Å². The maximum Gasteiger partial charge on any atom is 0.260 e. The molecule has 1 aromatic carbocycles. The number of benzene rings is 1. The highest BCUT2D eigenvalue weighted by Gasteiger charge is 2.17. The van der Waals surface area contributed by atoms with Gasteiger partial charge in [-0.05, 0) is 44.0 Å². The molecule has 1 aliphatic heterocycles. The molecule has 2 heterocycles. The van der Waals surface area contributed by atoms with Crippen molar-refractivity contribution >= 4 is 23.9 Å². The number of amidine groups is 1. The first kappa shape index (κ1) is 17.6. The second-order valence-corrected chi connectivity index (χ2v) is 6.09. The van der Waals surface area contributed by atoms with Gasteiger partial charge in [-0.1, -0.05) is 17.7 Å². The van der Waals surface area contributed by atoms with Crippen molar-refractivity contribution in [2.24, 2.45) is 0 Å². The van der Waals surface area contributed by atoms with E-state index in [1.807, 2.05) is 13.0 Å². The van der Waals surface area contributed by atoms with Crippen LogP contribution in [0.4, 0.5) is 5.82 Å². The van der Waals surface area contributed by atoms with E-state index >= 15 is 0 Å². The van der Waals surface area contributed by atoms with Crippen molar-refractivity contribution in [1.29, 1.82) is 10.8 Å². The monoisotopic (exact) mass is 351 g/mol. The average molecular weight is 351 g/mol. The Morgan fingerprint density at radius 2 is 2.12 bits per heavy atom. The van der Waals surface area contributed by atoms with Crippen molar-refractivity contribution in [3.05, 3.63) is 53.2 Å². The van der Waals surface area contributed by atoms with Gasteiger partial charge in [0.25, 0.3) is 5.91 Å².